The third-order valence-electron chi connectivity index (χ3n) is 5.85. The van der Waals surface area contributed by atoms with Crippen molar-refractivity contribution in [2.24, 2.45) is 0 Å². The first-order valence-corrected chi connectivity index (χ1v) is 14.0. The fourth-order valence-corrected chi connectivity index (χ4v) is 5.37. The molecule has 0 fully saturated rings. The van der Waals surface area contributed by atoms with Crippen LogP contribution in [0, 0.1) is 0 Å². The Bertz CT molecular complexity index is 1570. The van der Waals surface area contributed by atoms with Gasteiger partial charge in [-0.15, -0.1) is 0 Å². The molecule has 10 nitrogen and oxygen atoms in total. The molecule has 4 rings (SSSR count). The lowest BCUT2D eigenvalue weighted by Crippen LogP contribution is -2.34. The van der Waals surface area contributed by atoms with Crippen LogP contribution in [0.2, 0.25) is 0 Å². The van der Waals surface area contributed by atoms with Gasteiger partial charge in [-0.1, -0.05) is 60.7 Å². The summed E-state index contributed by atoms with van der Waals surface area (Å²) in [7, 11) is -2.70. The number of nitrogens with zero attached hydrogens (tertiary/aromatic N) is 3. The third-order valence-corrected chi connectivity index (χ3v) is 7.91. The number of hydrogen-bond acceptors (Lipinski definition) is 8. The fourth-order valence-electron chi connectivity index (χ4n) is 3.81. The van der Waals surface area contributed by atoms with Crippen LogP contribution in [0.15, 0.2) is 96.0 Å². The van der Waals surface area contributed by atoms with Crippen LogP contribution in [0.5, 0.6) is 5.75 Å². The molecule has 1 heterocycles. The predicted molar refractivity (Wildman–Crippen MR) is 155 cm³/mol. The summed E-state index contributed by atoms with van der Waals surface area (Å²) in [4.78, 5) is 21.2. The van der Waals surface area contributed by atoms with Crippen LogP contribution >= 0.6 is 12.2 Å². The molecule has 3 N–H and O–H groups in total. The third kappa shape index (κ3) is 6.97. The number of carbonyl (C=O) groups is 1. The van der Waals surface area contributed by atoms with E-state index in [4.69, 9.17) is 17.0 Å². The van der Waals surface area contributed by atoms with Gasteiger partial charge in [-0.25, -0.2) is 22.7 Å². The van der Waals surface area contributed by atoms with Crippen LogP contribution in [0.3, 0.4) is 0 Å². The Balaban J connectivity index is 1.72. The highest BCUT2D eigenvalue weighted by Crippen LogP contribution is 2.29. The quantitative estimate of drug-likeness (QED) is 0.178. The molecule has 0 saturated carbocycles. The van der Waals surface area contributed by atoms with E-state index in [1.54, 1.807) is 48.5 Å². The van der Waals surface area contributed by atoms with Crippen LogP contribution in [-0.2, 0) is 27.8 Å². The summed E-state index contributed by atoms with van der Waals surface area (Å²) in [5.41, 5.74) is 3.34. The number of sulfonamides is 1. The van der Waals surface area contributed by atoms with Crippen LogP contribution in [0.25, 0.3) is 0 Å². The molecule has 3 aromatic carbocycles. The van der Waals surface area contributed by atoms with Gasteiger partial charge in [0, 0.05) is 24.7 Å². The summed E-state index contributed by atoms with van der Waals surface area (Å²) >= 11 is 5.24. The Hall–Kier alpha value is -4.39. The number of anilines is 2. The van der Waals surface area contributed by atoms with Crippen molar-refractivity contribution in [2.75, 3.05) is 16.7 Å². The number of ether oxygens (including phenoxy) is 1. The zero-order valence-electron chi connectivity index (χ0n) is 21.5. The molecule has 0 saturated heterocycles. The number of carbonyl (C=O) groups excluding carboxylic acids is 1. The Morgan fingerprint density at radius 1 is 1.00 bits per heavy atom. The minimum absolute atomic E-state index is 0.000424. The lowest BCUT2D eigenvalue weighted by atomic mass is 10.2. The zero-order chi connectivity index (χ0) is 28.5. The zero-order valence-corrected chi connectivity index (χ0v) is 23.2. The maximum atomic E-state index is 14.0. The van der Waals surface area contributed by atoms with E-state index in [1.165, 1.54) is 25.4 Å². The summed E-state index contributed by atoms with van der Waals surface area (Å²) in [5, 5.41) is 12.4. The van der Waals surface area contributed by atoms with Crippen molar-refractivity contribution in [3.8, 4) is 5.75 Å². The van der Waals surface area contributed by atoms with E-state index >= 15 is 0 Å². The van der Waals surface area contributed by atoms with E-state index in [0.29, 0.717) is 17.0 Å². The standard InChI is InChI=1S/C28H27N5O5S2/c1-38-22-12-14-23(15-13-22)40(36,37)33(19-20-8-4-2-5-9-20)27-24(28(39)32-35)18-29-25(31-27)16-17-26(34)30-21-10-6-3-7-11-21/h2-15,18,35H,16-17,19H2,1H3,(H,30,34)(H,32,39). The summed E-state index contributed by atoms with van der Waals surface area (Å²) in [6, 6.07) is 24.0. The molecule has 0 radical (unpaired) electrons. The van der Waals surface area contributed by atoms with Crippen molar-refractivity contribution in [1.82, 2.24) is 15.4 Å². The first kappa shape index (κ1) is 28.6. The fraction of sp³-hybridized carbons (Fsp3) is 0.143. The normalized spacial score (nSPS) is 10.9. The largest absolute Gasteiger partial charge is 0.497 e. The van der Waals surface area contributed by atoms with Crippen molar-refractivity contribution >= 4 is 44.6 Å². The van der Waals surface area contributed by atoms with Crippen LogP contribution < -0.4 is 19.8 Å². The van der Waals surface area contributed by atoms with Gasteiger partial charge in [0.2, 0.25) is 5.91 Å². The van der Waals surface area contributed by atoms with E-state index in [9.17, 15) is 18.4 Å². The van der Waals surface area contributed by atoms with Gasteiger partial charge in [-0.2, -0.15) is 0 Å². The number of para-hydroxylation sites is 1. The second-order valence-corrected chi connectivity index (χ2v) is 10.8. The van der Waals surface area contributed by atoms with Gasteiger partial charge < -0.3 is 10.1 Å². The second kappa shape index (κ2) is 13.1. The van der Waals surface area contributed by atoms with Crippen LogP contribution in [-0.4, -0.2) is 41.6 Å². The highest BCUT2D eigenvalue weighted by atomic mass is 32.2. The number of thiocarbonyl (C=S) groups is 1. The van der Waals surface area contributed by atoms with Crippen molar-refractivity contribution in [1.29, 1.82) is 0 Å². The summed E-state index contributed by atoms with van der Waals surface area (Å²) < 4.78 is 34.3. The minimum Gasteiger partial charge on any atom is -0.497 e. The topological polar surface area (TPSA) is 134 Å². The Labute approximate surface area is 237 Å². The maximum absolute atomic E-state index is 14.0. The summed E-state index contributed by atoms with van der Waals surface area (Å²) in [6.45, 7) is -0.0822. The number of hydroxylamine groups is 1. The van der Waals surface area contributed by atoms with Crippen molar-refractivity contribution in [2.45, 2.75) is 24.3 Å². The first-order valence-electron chi connectivity index (χ1n) is 12.2. The average Bonchev–Trinajstić information content (AvgIpc) is 2.99. The van der Waals surface area contributed by atoms with Crippen molar-refractivity contribution in [3.05, 3.63) is 108 Å². The molecule has 1 amide bonds. The van der Waals surface area contributed by atoms with Crippen LogP contribution in [0.1, 0.15) is 23.4 Å². The molecule has 4 aromatic rings. The molecule has 0 bridgehead atoms. The molecule has 0 spiro atoms. The molecule has 0 aliphatic rings. The average molecular weight is 578 g/mol. The van der Waals surface area contributed by atoms with Gasteiger partial charge in [0.15, 0.2) is 5.82 Å². The van der Waals surface area contributed by atoms with Gasteiger partial charge in [-0.3, -0.25) is 15.5 Å². The highest BCUT2D eigenvalue weighted by molar-refractivity contribution is 7.92. The van der Waals surface area contributed by atoms with Crippen LogP contribution in [0.4, 0.5) is 11.5 Å². The molecular formula is C28H27N5O5S2. The number of rotatable bonds is 11. The van der Waals surface area contributed by atoms with Gasteiger partial charge in [-0.05, 0) is 42.0 Å². The number of nitrogens with one attached hydrogen (secondary N) is 2. The molecule has 12 heteroatoms. The van der Waals surface area contributed by atoms with Gasteiger partial charge in [0.1, 0.15) is 16.6 Å². The number of hydrogen-bond donors (Lipinski definition) is 3. The molecule has 40 heavy (non-hydrogen) atoms. The van der Waals surface area contributed by atoms with Gasteiger partial charge in [0.05, 0.1) is 24.1 Å². The monoisotopic (exact) mass is 577 g/mol. The minimum atomic E-state index is -4.19. The second-order valence-electron chi connectivity index (χ2n) is 8.55. The number of benzene rings is 3. The Morgan fingerprint density at radius 3 is 2.27 bits per heavy atom. The molecule has 0 unspecified atom stereocenters. The maximum Gasteiger partial charge on any atom is 0.265 e. The van der Waals surface area contributed by atoms with E-state index < -0.39 is 10.0 Å². The molecule has 1 aromatic heterocycles. The molecule has 0 aliphatic heterocycles. The van der Waals surface area contributed by atoms with E-state index in [-0.39, 0.29) is 52.4 Å². The van der Waals surface area contributed by atoms with Gasteiger partial charge >= 0.3 is 0 Å². The summed E-state index contributed by atoms with van der Waals surface area (Å²) in [6.07, 6.45) is 1.52. The molecular weight excluding hydrogens is 550 g/mol. The lowest BCUT2D eigenvalue weighted by molar-refractivity contribution is -0.116. The molecule has 0 atom stereocenters. The van der Waals surface area contributed by atoms with Crippen molar-refractivity contribution < 1.29 is 23.2 Å². The number of methoxy groups -OCH3 is 1. The summed E-state index contributed by atoms with van der Waals surface area (Å²) in [5.74, 6) is 0.434. The van der Waals surface area contributed by atoms with E-state index in [2.05, 4.69) is 15.3 Å². The highest BCUT2D eigenvalue weighted by Gasteiger charge is 2.30. The SMILES string of the molecule is COc1ccc(S(=O)(=O)N(Cc2ccccc2)c2nc(CCC(=O)Nc3ccccc3)ncc2C(=S)NO)cc1. The Kier molecular flexibility index (Phi) is 9.38. The lowest BCUT2D eigenvalue weighted by Gasteiger charge is -2.26. The number of amides is 1. The molecule has 0 aliphatic carbocycles. The van der Waals surface area contributed by atoms with E-state index in [0.717, 1.165) is 4.31 Å². The number of aryl methyl sites for hydroxylation is 1. The smallest absolute Gasteiger partial charge is 0.265 e. The predicted octanol–water partition coefficient (Wildman–Crippen LogP) is 4.11. The molecule has 206 valence electrons. The van der Waals surface area contributed by atoms with Crippen molar-refractivity contribution in [3.63, 3.8) is 0 Å². The first-order chi connectivity index (χ1) is 19.3. The Morgan fingerprint density at radius 2 is 1.65 bits per heavy atom. The van der Waals surface area contributed by atoms with Gasteiger partial charge in [0.25, 0.3) is 10.0 Å². The number of aromatic nitrogens is 2. The van der Waals surface area contributed by atoms with E-state index in [1.807, 2.05) is 29.7 Å².